The highest BCUT2D eigenvalue weighted by atomic mass is 35.5. The summed E-state index contributed by atoms with van der Waals surface area (Å²) in [6.45, 7) is 0. The molecule has 1 aromatic heterocycles. The van der Waals surface area contributed by atoms with Crippen molar-refractivity contribution in [3.8, 4) is 0 Å². The molecule has 0 fully saturated rings. The van der Waals surface area contributed by atoms with Gasteiger partial charge in [0.15, 0.2) is 0 Å². The van der Waals surface area contributed by atoms with Crippen molar-refractivity contribution in [2.45, 2.75) is 12.5 Å². The summed E-state index contributed by atoms with van der Waals surface area (Å²) in [5.74, 6) is 1.11. The molecule has 1 atom stereocenters. The van der Waals surface area contributed by atoms with Crippen LogP contribution in [0.4, 0.5) is 0 Å². The molecule has 12 heavy (non-hydrogen) atoms. The molecule has 4 heteroatoms. The predicted molar refractivity (Wildman–Crippen MR) is 59.3 cm³/mol. The van der Waals surface area contributed by atoms with E-state index in [1.165, 1.54) is 4.88 Å². The van der Waals surface area contributed by atoms with Gasteiger partial charge in [-0.15, -0.1) is 11.3 Å². The molecule has 0 radical (unpaired) electrons. The van der Waals surface area contributed by atoms with Crippen LogP contribution >= 0.6 is 34.7 Å². The molecule has 0 saturated carbocycles. The second-order valence-electron chi connectivity index (χ2n) is 2.53. The third-order valence-electron chi connectivity index (χ3n) is 1.59. The lowest BCUT2D eigenvalue weighted by atomic mass is 10.2. The average molecular weight is 222 g/mol. The fraction of sp³-hybridized carbons (Fsp3) is 0.500. The highest BCUT2D eigenvalue weighted by Gasteiger charge is 2.07. The van der Waals surface area contributed by atoms with Gasteiger partial charge < -0.3 is 5.73 Å². The van der Waals surface area contributed by atoms with Crippen LogP contribution in [0.1, 0.15) is 17.3 Å². The smallest absolute Gasteiger partial charge is 0.0931 e. The highest BCUT2D eigenvalue weighted by Crippen LogP contribution is 2.27. The Labute approximate surface area is 86.3 Å². The maximum atomic E-state index is 5.93. The van der Waals surface area contributed by atoms with Gasteiger partial charge in [0.1, 0.15) is 0 Å². The van der Waals surface area contributed by atoms with E-state index in [0.29, 0.717) is 0 Å². The summed E-state index contributed by atoms with van der Waals surface area (Å²) in [5, 5.41) is 0. The van der Waals surface area contributed by atoms with Gasteiger partial charge >= 0.3 is 0 Å². The van der Waals surface area contributed by atoms with E-state index in [1.807, 2.05) is 23.9 Å². The van der Waals surface area contributed by atoms with Crippen LogP contribution in [0.5, 0.6) is 0 Å². The zero-order valence-electron chi connectivity index (χ0n) is 6.92. The van der Waals surface area contributed by atoms with Crippen molar-refractivity contribution in [1.82, 2.24) is 0 Å². The van der Waals surface area contributed by atoms with Gasteiger partial charge in [-0.3, -0.25) is 0 Å². The van der Waals surface area contributed by atoms with Gasteiger partial charge in [-0.2, -0.15) is 11.8 Å². The number of halogens is 1. The van der Waals surface area contributed by atoms with Gasteiger partial charge in [-0.05, 0) is 30.6 Å². The Morgan fingerprint density at radius 1 is 1.67 bits per heavy atom. The van der Waals surface area contributed by atoms with Crippen LogP contribution in [-0.4, -0.2) is 12.0 Å². The van der Waals surface area contributed by atoms with Gasteiger partial charge in [0.25, 0.3) is 0 Å². The molecule has 0 bridgehead atoms. The lowest BCUT2D eigenvalue weighted by Crippen LogP contribution is -2.09. The molecule has 68 valence electrons. The van der Waals surface area contributed by atoms with Crippen molar-refractivity contribution in [3.05, 3.63) is 21.3 Å². The standard InChI is InChI=1S/C8H12ClNS2/c1-11-5-4-6(10)7-2-3-8(9)12-7/h2-3,6H,4-5,10H2,1H3. The van der Waals surface area contributed by atoms with Crippen molar-refractivity contribution < 1.29 is 0 Å². The monoisotopic (exact) mass is 221 g/mol. The van der Waals surface area contributed by atoms with Crippen LogP contribution in [0.15, 0.2) is 12.1 Å². The molecule has 0 aliphatic carbocycles. The van der Waals surface area contributed by atoms with E-state index in [9.17, 15) is 0 Å². The van der Waals surface area contributed by atoms with Crippen LogP contribution in [0.3, 0.4) is 0 Å². The fourth-order valence-corrected chi connectivity index (χ4v) is 2.50. The van der Waals surface area contributed by atoms with E-state index in [1.54, 1.807) is 11.3 Å². The molecule has 0 aromatic carbocycles. The molecule has 0 amide bonds. The number of thiophene rings is 1. The number of rotatable bonds is 4. The summed E-state index contributed by atoms with van der Waals surface area (Å²) in [7, 11) is 0. The van der Waals surface area contributed by atoms with Crippen LogP contribution < -0.4 is 5.73 Å². The average Bonchev–Trinajstić information content (AvgIpc) is 2.47. The van der Waals surface area contributed by atoms with Crippen LogP contribution in [-0.2, 0) is 0 Å². The lowest BCUT2D eigenvalue weighted by molar-refractivity contribution is 0.719. The van der Waals surface area contributed by atoms with Gasteiger partial charge in [0.05, 0.1) is 4.34 Å². The first-order chi connectivity index (χ1) is 5.74. The molecule has 0 aliphatic rings. The summed E-state index contributed by atoms with van der Waals surface area (Å²) in [4.78, 5) is 1.19. The Morgan fingerprint density at radius 3 is 2.92 bits per heavy atom. The molecule has 0 spiro atoms. The molecule has 2 N–H and O–H groups in total. The van der Waals surface area contributed by atoms with Crippen molar-refractivity contribution >= 4 is 34.7 Å². The second-order valence-corrected chi connectivity index (χ2v) is 5.26. The Balaban J connectivity index is 2.47. The highest BCUT2D eigenvalue weighted by molar-refractivity contribution is 7.98. The quantitative estimate of drug-likeness (QED) is 0.846. The van der Waals surface area contributed by atoms with Crippen LogP contribution in [0, 0.1) is 0 Å². The van der Waals surface area contributed by atoms with Gasteiger partial charge in [-0.25, -0.2) is 0 Å². The minimum Gasteiger partial charge on any atom is -0.323 e. The zero-order chi connectivity index (χ0) is 8.97. The Morgan fingerprint density at radius 2 is 2.42 bits per heavy atom. The summed E-state index contributed by atoms with van der Waals surface area (Å²) in [5.41, 5.74) is 5.93. The third-order valence-corrected chi connectivity index (χ3v) is 3.60. The van der Waals surface area contributed by atoms with Gasteiger partial charge in [0, 0.05) is 10.9 Å². The minimum atomic E-state index is 0.162. The van der Waals surface area contributed by atoms with Gasteiger partial charge in [-0.1, -0.05) is 11.6 Å². The maximum Gasteiger partial charge on any atom is 0.0931 e. The molecule has 1 heterocycles. The molecule has 0 saturated heterocycles. The number of hydrogen-bond acceptors (Lipinski definition) is 3. The minimum absolute atomic E-state index is 0.162. The van der Waals surface area contributed by atoms with Crippen LogP contribution in [0.25, 0.3) is 0 Å². The summed E-state index contributed by atoms with van der Waals surface area (Å²) >= 11 is 9.20. The summed E-state index contributed by atoms with van der Waals surface area (Å²) < 4.78 is 0.824. The fourth-order valence-electron chi connectivity index (χ4n) is 0.915. The molecular weight excluding hydrogens is 210 g/mol. The van der Waals surface area contributed by atoms with Crippen molar-refractivity contribution in [2.75, 3.05) is 12.0 Å². The molecule has 1 unspecified atom stereocenters. The van der Waals surface area contributed by atoms with E-state index in [4.69, 9.17) is 17.3 Å². The summed E-state index contributed by atoms with van der Waals surface area (Å²) in [6, 6.07) is 4.08. The van der Waals surface area contributed by atoms with Crippen molar-refractivity contribution in [3.63, 3.8) is 0 Å². The first-order valence-corrected chi connectivity index (χ1v) is 6.32. The molecular formula is C8H12ClNS2. The Hall–Kier alpha value is 0.300. The van der Waals surface area contributed by atoms with Gasteiger partial charge in [0.2, 0.25) is 0 Å². The summed E-state index contributed by atoms with van der Waals surface area (Å²) in [6.07, 6.45) is 3.12. The number of hydrogen-bond donors (Lipinski definition) is 1. The Bertz CT molecular complexity index is 237. The molecule has 0 aliphatic heterocycles. The largest absolute Gasteiger partial charge is 0.323 e. The first kappa shape index (κ1) is 10.4. The molecule has 1 nitrogen and oxygen atoms in total. The van der Waals surface area contributed by atoms with E-state index < -0.39 is 0 Å². The zero-order valence-corrected chi connectivity index (χ0v) is 9.31. The van der Waals surface area contributed by atoms with Crippen molar-refractivity contribution in [2.24, 2.45) is 5.73 Å². The molecule has 1 aromatic rings. The second kappa shape index (κ2) is 5.12. The predicted octanol–water partition coefficient (Wildman–Crippen LogP) is 3.15. The third kappa shape index (κ3) is 2.98. The number of thioether (sulfide) groups is 1. The number of nitrogens with two attached hydrogens (primary N) is 1. The normalized spacial score (nSPS) is 13.2. The van der Waals surface area contributed by atoms with E-state index in [2.05, 4.69) is 6.26 Å². The van der Waals surface area contributed by atoms with Crippen molar-refractivity contribution in [1.29, 1.82) is 0 Å². The topological polar surface area (TPSA) is 26.0 Å². The van der Waals surface area contributed by atoms with E-state index >= 15 is 0 Å². The SMILES string of the molecule is CSCCC(N)c1ccc(Cl)s1. The van der Waals surface area contributed by atoms with Crippen LogP contribution in [0.2, 0.25) is 4.34 Å². The molecule has 1 rings (SSSR count). The lowest BCUT2D eigenvalue weighted by Gasteiger charge is -2.06. The van der Waals surface area contributed by atoms with E-state index in [-0.39, 0.29) is 6.04 Å². The maximum absolute atomic E-state index is 5.93. The van der Waals surface area contributed by atoms with E-state index in [0.717, 1.165) is 16.5 Å². The first-order valence-electron chi connectivity index (χ1n) is 3.74. The Kier molecular flexibility index (Phi) is 4.43.